The Morgan fingerprint density at radius 2 is 1.84 bits per heavy atom. The molecule has 0 aliphatic carbocycles. The Bertz CT molecular complexity index is 984. The van der Waals surface area contributed by atoms with Gasteiger partial charge in [-0.1, -0.05) is 49.4 Å². The van der Waals surface area contributed by atoms with Crippen molar-refractivity contribution in [2.24, 2.45) is 5.92 Å². The minimum atomic E-state index is -3.38. The maximum absolute atomic E-state index is 12.9. The second-order valence-corrected chi connectivity index (χ2v) is 10.1. The molecule has 0 spiro atoms. The van der Waals surface area contributed by atoms with E-state index in [1.165, 1.54) is 4.31 Å². The third-order valence-corrected chi connectivity index (χ3v) is 7.81. The number of nitrogens with one attached hydrogen (secondary N) is 1. The van der Waals surface area contributed by atoms with Gasteiger partial charge in [0.05, 0.1) is 18.9 Å². The first-order valence-corrected chi connectivity index (χ1v) is 12.4. The van der Waals surface area contributed by atoms with Gasteiger partial charge in [-0.2, -0.15) is 0 Å². The molecule has 1 N–H and O–H groups in total. The lowest BCUT2D eigenvalue weighted by Gasteiger charge is -2.31. The number of aryl methyl sites for hydroxylation is 1. The summed E-state index contributed by atoms with van der Waals surface area (Å²) >= 11 is 0. The van der Waals surface area contributed by atoms with Crippen LogP contribution in [0.5, 0.6) is 5.75 Å². The molecule has 1 saturated heterocycles. The minimum Gasteiger partial charge on any atom is -0.496 e. The summed E-state index contributed by atoms with van der Waals surface area (Å²) in [5, 5.41) is 3.16. The number of piperidine rings is 1. The molecule has 2 aromatic carbocycles. The molecule has 7 heteroatoms. The van der Waals surface area contributed by atoms with E-state index in [4.69, 9.17) is 4.74 Å². The number of nitrogens with zero attached hydrogens (tertiary/aromatic N) is 1. The Kier molecular flexibility index (Phi) is 7.73. The van der Waals surface area contributed by atoms with Gasteiger partial charge in [-0.3, -0.25) is 4.79 Å². The van der Waals surface area contributed by atoms with Crippen molar-refractivity contribution in [2.75, 3.05) is 20.2 Å². The number of carbonyl (C=O) groups excluding carboxylic acids is 1. The molecule has 0 radical (unpaired) electrons. The zero-order chi connectivity index (χ0) is 22.4. The van der Waals surface area contributed by atoms with Crippen LogP contribution in [0.25, 0.3) is 0 Å². The highest BCUT2D eigenvalue weighted by molar-refractivity contribution is 7.88. The van der Waals surface area contributed by atoms with E-state index < -0.39 is 10.0 Å². The number of rotatable bonds is 8. The van der Waals surface area contributed by atoms with Crippen LogP contribution < -0.4 is 10.1 Å². The molecule has 168 valence electrons. The van der Waals surface area contributed by atoms with Gasteiger partial charge in [0, 0.05) is 19.0 Å². The average Bonchev–Trinajstić information content (AvgIpc) is 2.77. The number of sulfonamides is 1. The lowest BCUT2D eigenvalue weighted by Crippen LogP contribution is -2.44. The number of benzene rings is 2. The largest absolute Gasteiger partial charge is 0.496 e. The van der Waals surface area contributed by atoms with E-state index in [-0.39, 0.29) is 23.6 Å². The summed E-state index contributed by atoms with van der Waals surface area (Å²) in [7, 11) is -1.73. The number of hydrogen-bond acceptors (Lipinski definition) is 4. The van der Waals surface area contributed by atoms with Gasteiger partial charge >= 0.3 is 0 Å². The number of methoxy groups -OCH3 is 1. The van der Waals surface area contributed by atoms with Crippen LogP contribution in [0, 0.1) is 12.8 Å². The fourth-order valence-electron chi connectivity index (χ4n) is 4.10. The van der Waals surface area contributed by atoms with E-state index in [2.05, 4.69) is 5.32 Å². The topological polar surface area (TPSA) is 75.7 Å². The number of carbonyl (C=O) groups is 1. The number of amides is 1. The molecular weight excluding hydrogens is 412 g/mol. The van der Waals surface area contributed by atoms with Gasteiger partial charge in [0.2, 0.25) is 15.9 Å². The van der Waals surface area contributed by atoms with Crippen LogP contribution in [-0.4, -0.2) is 38.8 Å². The van der Waals surface area contributed by atoms with Gasteiger partial charge in [0.25, 0.3) is 0 Å². The Hall–Kier alpha value is -2.38. The van der Waals surface area contributed by atoms with Crippen LogP contribution in [0.2, 0.25) is 0 Å². The molecule has 1 atom stereocenters. The highest BCUT2D eigenvalue weighted by atomic mass is 32.2. The van der Waals surface area contributed by atoms with Crippen LogP contribution in [0.3, 0.4) is 0 Å². The molecule has 0 saturated carbocycles. The third-order valence-electron chi connectivity index (χ3n) is 5.96. The van der Waals surface area contributed by atoms with Crippen molar-refractivity contribution in [3.63, 3.8) is 0 Å². The lowest BCUT2D eigenvalue weighted by atomic mass is 9.95. The van der Waals surface area contributed by atoms with Gasteiger partial charge in [-0.15, -0.1) is 0 Å². The second-order valence-electron chi connectivity index (χ2n) is 8.11. The standard InChI is InChI=1S/C24H32N2O4S/c1-4-22(21-10-11-23(30-3)18(2)16-21)25-24(27)20-12-14-26(15-13-20)31(28,29)17-19-8-6-5-7-9-19/h5-11,16,20,22H,4,12-15,17H2,1-3H3,(H,25,27)/t22-/m0/s1. The zero-order valence-corrected chi connectivity index (χ0v) is 19.3. The van der Waals surface area contributed by atoms with Crippen LogP contribution in [-0.2, 0) is 20.6 Å². The van der Waals surface area contributed by atoms with Gasteiger partial charge < -0.3 is 10.1 Å². The van der Waals surface area contributed by atoms with Crippen molar-refractivity contribution in [1.29, 1.82) is 0 Å². The van der Waals surface area contributed by atoms with Gasteiger partial charge in [-0.05, 0) is 48.9 Å². The zero-order valence-electron chi connectivity index (χ0n) is 18.5. The molecular formula is C24H32N2O4S. The summed E-state index contributed by atoms with van der Waals surface area (Å²) in [4.78, 5) is 12.9. The third kappa shape index (κ3) is 5.86. The molecule has 1 aliphatic rings. The highest BCUT2D eigenvalue weighted by Gasteiger charge is 2.31. The van der Waals surface area contributed by atoms with E-state index >= 15 is 0 Å². The Morgan fingerprint density at radius 3 is 2.42 bits per heavy atom. The quantitative estimate of drug-likeness (QED) is 0.672. The summed E-state index contributed by atoms with van der Waals surface area (Å²) < 4.78 is 32.3. The molecule has 0 aromatic heterocycles. The minimum absolute atomic E-state index is 0.000397. The number of ether oxygens (including phenoxy) is 1. The fraction of sp³-hybridized carbons (Fsp3) is 0.458. The van der Waals surface area contributed by atoms with Crippen LogP contribution >= 0.6 is 0 Å². The monoisotopic (exact) mass is 444 g/mol. The summed E-state index contributed by atoms with van der Waals surface area (Å²) in [6, 6.07) is 15.1. The second kappa shape index (κ2) is 10.3. The molecule has 3 rings (SSSR count). The SMILES string of the molecule is CC[C@H](NC(=O)C1CCN(S(=O)(=O)Cc2ccccc2)CC1)c1ccc(OC)c(C)c1. The summed E-state index contributed by atoms with van der Waals surface area (Å²) in [5.41, 5.74) is 2.87. The van der Waals surface area contributed by atoms with Crippen molar-refractivity contribution in [3.8, 4) is 5.75 Å². The van der Waals surface area contributed by atoms with E-state index in [0.29, 0.717) is 25.9 Å². The predicted octanol–water partition coefficient (Wildman–Crippen LogP) is 3.81. The smallest absolute Gasteiger partial charge is 0.223 e. The normalized spacial score (nSPS) is 16.6. The van der Waals surface area contributed by atoms with Crippen molar-refractivity contribution in [1.82, 2.24) is 9.62 Å². The first-order valence-electron chi connectivity index (χ1n) is 10.8. The molecule has 1 aliphatic heterocycles. The molecule has 0 unspecified atom stereocenters. The lowest BCUT2D eigenvalue weighted by molar-refractivity contribution is -0.126. The Balaban J connectivity index is 1.57. The van der Waals surface area contributed by atoms with E-state index in [0.717, 1.165) is 28.9 Å². The molecule has 1 fully saturated rings. The highest BCUT2D eigenvalue weighted by Crippen LogP contribution is 2.26. The maximum atomic E-state index is 12.9. The van der Waals surface area contributed by atoms with Crippen molar-refractivity contribution >= 4 is 15.9 Å². The van der Waals surface area contributed by atoms with E-state index in [1.54, 1.807) is 7.11 Å². The molecule has 2 aromatic rings. The van der Waals surface area contributed by atoms with Gasteiger partial charge in [0.15, 0.2) is 0 Å². The van der Waals surface area contributed by atoms with Crippen LogP contribution in [0.1, 0.15) is 48.9 Å². The van der Waals surface area contributed by atoms with Crippen molar-refractivity contribution < 1.29 is 17.9 Å². The van der Waals surface area contributed by atoms with Crippen molar-refractivity contribution in [3.05, 3.63) is 65.2 Å². The molecule has 1 heterocycles. The van der Waals surface area contributed by atoms with Crippen molar-refractivity contribution in [2.45, 2.75) is 44.9 Å². The van der Waals surface area contributed by atoms with Crippen LogP contribution in [0.4, 0.5) is 0 Å². The van der Waals surface area contributed by atoms with Gasteiger partial charge in [0.1, 0.15) is 5.75 Å². The Morgan fingerprint density at radius 1 is 1.16 bits per heavy atom. The van der Waals surface area contributed by atoms with Crippen LogP contribution in [0.15, 0.2) is 48.5 Å². The first kappa shape index (κ1) is 23.3. The fourth-order valence-corrected chi connectivity index (χ4v) is 5.66. The summed E-state index contributed by atoms with van der Waals surface area (Å²) in [6.07, 6.45) is 1.86. The number of hydrogen-bond donors (Lipinski definition) is 1. The summed E-state index contributed by atoms with van der Waals surface area (Å²) in [6.45, 7) is 4.79. The van der Waals surface area contributed by atoms with Gasteiger partial charge in [-0.25, -0.2) is 12.7 Å². The Labute approximate surface area is 185 Å². The maximum Gasteiger partial charge on any atom is 0.223 e. The summed E-state index contributed by atoms with van der Waals surface area (Å²) in [5.74, 6) is 0.658. The van der Waals surface area contributed by atoms with E-state index in [1.807, 2.05) is 62.4 Å². The molecule has 6 nitrogen and oxygen atoms in total. The average molecular weight is 445 g/mol. The van der Waals surface area contributed by atoms with E-state index in [9.17, 15) is 13.2 Å². The molecule has 0 bridgehead atoms. The first-order chi connectivity index (χ1) is 14.8. The predicted molar refractivity (Wildman–Crippen MR) is 122 cm³/mol. The molecule has 31 heavy (non-hydrogen) atoms. The molecule has 1 amide bonds.